The molecular formula is C9H10FNO. The molecule has 0 amide bonds. The molecule has 2 nitrogen and oxygen atoms in total. The van der Waals surface area contributed by atoms with Crippen LogP contribution >= 0.6 is 0 Å². The largest absolute Gasteiger partial charge is 0.300 e. The smallest absolute Gasteiger partial charge is 0.123 e. The van der Waals surface area contributed by atoms with Crippen molar-refractivity contribution in [2.45, 2.75) is 0 Å². The fraction of sp³-hybridized carbons (Fsp3) is 0.111. The van der Waals surface area contributed by atoms with Gasteiger partial charge in [-0.05, 0) is 17.7 Å². The Kier molecular flexibility index (Phi) is 3.44. The van der Waals surface area contributed by atoms with E-state index in [0.717, 1.165) is 5.56 Å². The van der Waals surface area contributed by atoms with Gasteiger partial charge in [0.05, 0.1) is 6.61 Å². The molecule has 0 aliphatic rings. The lowest BCUT2D eigenvalue weighted by Crippen LogP contribution is -1.96. The van der Waals surface area contributed by atoms with E-state index in [0.29, 0.717) is 6.61 Å². The summed E-state index contributed by atoms with van der Waals surface area (Å²) in [6, 6.07) is 6.18. The number of nitrogens with two attached hydrogens (primary N) is 1. The number of hydrogen-bond acceptors (Lipinski definition) is 2. The van der Waals surface area contributed by atoms with Crippen LogP contribution in [0, 0.1) is 5.82 Å². The van der Waals surface area contributed by atoms with Gasteiger partial charge >= 0.3 is 0 Å². The van der Waals surface area contributed by atoms with Crippen LogP contribution in [0.25, 0.3) is 6.08 Å². The highest BCUT2D eigenvalue weighted by Crippen LogP contribution is 2.03. The molecule has 3 heteroatoms. The first-order valence-electron chi connectivity index (χ1n) is 3.56. The standard InChI is InChI=1S/C9H10FNO/c10-9-5-3-8(4-6-9)2-1-7-12-11/h1-6H,7,11H2/b2-1+. The van der Waals surface area contributed by atoms with Gasteiger partial charge in [0.15, 0.2) is 0 Å². The van der Waals surface area contributed by atoms with Crippen molar-refractivity contribution in [3.63, 3.8) is 0 Å². The first-order valence-corrected chi connectivity index (χ1v) is 3.56. The average molecular weight is 167 g/mol. The minimum absolute atomic E-state index is 0.234. The SMILES string of the molecule is NOC/C=C/c1ccc(F)cc1. The Balaban J connectivity index is 2.58. The molecule has 0 heterocycles. The molecule has 0 bridgehead atoms. The molecule has 0 spiro atoms. The van der Waals surface area contributed by atoms with Crippen molar-refractivity contribution in [2.75, 3.05) is 6.61 Å². The van der Waals surface area contributed by atoms with E-state index in [1.807, 2.05) is 6.08 Å². The van der Waals surface area contributed by atoms with Gasteiger partial charge in [-0.1, -0.05) is 24.3 Å². The van der Waals surface area contributed by atoms with Crippen LogP contribution in [0.15, 0.2) is 30.3 Å². The molecule has 64 valence electrons. The van der Waals surface area contributed by atoms with E-state index >= 15 is 0 Å². The highest BCUT2D eigenvalue weighted by molar-refractivity contribution is 5.48. The minimum atomic E-state index is -0.234. The van der Waals surface area contributed by atoms with E-state index < -0.39 is 0 Å². The summed E-state index contributed by atoms with van der Waals surface area (Å²) in [5, 5.41) is 0. The molecule has 0 radical (unpaired) electrons. The first-order chi connectivity index (χ1) is 5.83. The summed E-state index contributed by atoms with van der Waals surface area (Å²) < 4.78 is 12.4. The van der Waals surface area contributed by atoms with Gasteiger partial charge in [-0.15, -0.1) is 0 Å². The van der Waals surface area contributed by atoms with Crippen molar-refractivity contribution in [2.24, 2.45) is 5.90 Å². The van der Waals surface area contributed by atoms with Gasteiger partial charge in [0.1, 0.15) is 5.82 Å². The summed E-state index contributed by atoms with van der Waals surface area (Å²) in [6.07, 6.45) is 3.57. The minimum Gasteiger partial charge on any atom is -0.300 e. The molecule has 0 fully saturated rings. The molecule has 0 saturated carbocycles. The van der Waals surface area contributed by atoms with Crippen LogP contribution in [-0.4, -0.2) is 6.61 Å². The molecule has 0 aliphatic carbocycles. The van der Waals surface area contributed by atoms with E-state index in [9.17, 15) is 4.39 Å². The lowest BCUT2D eigenvalue weighted by atomic mass is 10.2. The third-order valence-corrected chi connectivity index (χ3v) is 1.37. The number of rotatable bonds is 3. The highest BCUT2D eigenvalue weighted by Gasteiger charge is 1.87. The zero-order valence-corrected chi connectivity index (χ0v) is 6.53. The summed E-state index contributed by atoms with van der Waals surface area (Å²) in [4.78, 5) is 4.33. The maximum atomic E-state index is 12.4. The monoisotopic (exact) mass is 167 g/mol. The van der Waals surface area contributed by atoms with Crippen LogP contribution in [0.2, 0.25) is 0 Å². The van der Waals surface area contributed by atoms with Crippen molar-refractivity contribution >= 4 is 6.08 Å². The fourth-order valence-corrected chi connectivity index (χ4v) is 0.814. The Bertz CT molecular complexity index is 256. The summed E-state index contributed by atoms with van der Waals surface area (Å²) in [5.41, 5.74) is 0.924. The Morgan fingerprint density at radius 2 is 2.00 bits per heavy atom. The Morgan fingerprint density at radius 3 is 2.58 bits per heavy atom. The van der Waals surface area contributed by atoms with Crippen LogP contribution in [0.3, 0.4) is 0 Å². The summed E-state index contributed by atoms with van der Waals surface area (Å²) in [7, 11) is 0. The lowest BCUT2D eigenvalue weighted by Gasteiger charge is -1.92. The van der Waals surface area contributed by atoms with Crippen LogP contribution < -0.4 is 5.90 Å². The third-order valence-electron chi connectivity index (χ3n) is 1.37. The molecular weight excluding hydrogens is 157 g/mol. The van der Waals surface area contributed by atoms with E-state index in [1.54, 1.807) is 18.2 Å². The Labute approximate surface area is 70.4 Å². The van der Waals surface area contributed by atoms with Crippen molar-refractivity contribution < 1.29 is 9.23 Å². The maximum Gasteiger partial charge on any atom is 0.123 e. The Morgan fingerprint density at radius 1 is 1.33 bits per heavy atom. The predicted octanol–water partition coefficient (Wildman–Crippen LogP) is 1.73. The third kappa shape index (κ3) is 2.82. The molecule has 1 aromatic rings. The quantitative estimate of drug-likeness (QED) is 0.696. The van der Waals surface area contributed by atoms with E-state index in [1.165, 1.54) is 12.1 Å². The van der Waals surface area contributed by atoms with Crippen LogP contribution in [0.1, 0.15) is 5.56 Å². The van der Waals surface area contributed by atoms with Crippen LogP contribution in [0.5, 0.6) is 0 Å². The van der Waals surface area contributed by atoms with Crippen molar-refractivity contribution in [3.8, 4) is 0 Å². The summed E-state index contributed by atoms with van der Waals surface area (Å²) >= 11 is 0. The van der Waals surface area contributed by atoms with Crippen molar-refractivity contribution in [1.82, 2.24) is 0 Å². The van der Waals surface area contributed by atoms with Crippen molar-refractivity contribution in [1.29, 1.82) is 0 Å². The number of hydrogen-bond donors (Lipinski definition) is 1. The zero-order chi connectivity index (χ0) is 8.81. The molecule has 0 unspecified atom stereocenters. The summed E-state index contributed by atoms with van der Waals surface area (Å²) in [6.45, 7) is 0.359. The first kappa shape index (κ1) is 8.90. The lowest BCUT2D eigenvalue weighted by molar-refractivity contribution is 0.168. The number of halogens is 1. The highest BCUT2D eigenvalue weighted by atomic mass is 19.1. The van der Waals surface area contributed by atoms with Gasteiger partial charge in [-0.25, -0.2) is 10.3 Å². The summed E-state index contributed by atoms with van der Waals surface area (Å²) in [5.74, 6) is 4.57. The second-order valence-corrected chi connectivity index (χ2v) is 2.29. The maximum absolute atomic E-state index is 12.4. The van der Waals surface area contributed by atoms with Crippen LogP contribution in [0.4, 0.5) is 4.39 Å². The molecule has 1 aromatic carbocycles. The average Bonchev–Trinajstić information content (AvgIpc) is 2.09. The molecule has 0 aliphatic heterocycles. The zero-order valence-electron chi connectivity index (χ0n) is 6.53. The van der Waals surface area contributed by atoms with Crippen molar-refractivity contribution in [3.05, 3.63) is 41.7 Å². The molecule has 2 N–H and O–H groups in total. The van der Waals surface area contributed by atoms with E-state index in [2.05, 4.69) is 4.84 Å². The Hall–Kier alpha value is -1.19. The van der Waals surface area contributed by atoms with Gasteiger partial charge in [-0.3, -0.25) is 0 Å². The predicted molar refractivity (Wildman–Crippen MR) is 45.6 cm³/mol. The van der Waals surface area contributed by atoms with E-state index in [-0.39, 0.29) is 5.82 Å². The van der Waals surface area contributed by atoms with Gasteiger partial charge in [0.2, 0.25) is 0 Å². The van der Waals surface area contributed by atoms with Gasteiger partial charge in [0, 0.05) is 0 Å². The second kappa shape index (κ2) is 4.64. The normalized spacial score (nSPS) is 10.8. The van der Waals surface area contributed by atoms with E-state index in [4.69, 9.17) is 5.90 Å². The van der Waals surface area contributed by atoms with Crippen LogP contribution in [-0.2, 0) is 4.84 Å². The molecule has 0 saturated heterocycles. The molecule has 0 aromatic heterocycles. The van der Waals surface area contributed by atoms with Gasteiger partial charge in [0.25, 0.3) is 0 Å². The fourth-order valence-electron chi connectivity index (χ4n) is 0.814. The second-order valence-electron chi connectivity index (χ2n) is 2.29. The van der Waals surface area contributed by atoms with Gasteiger partial charge in [-0.2, -0.15) is 0 Å². The number of benzene rings is 1. The molecule has 12 heavy (non-hydrogen) atoms. The topological polar surface area (TPSA) is 35.2 Å². The molecule has 0 atom stereocenters. The van der Waals surface area contributed by atoms with Gasteiger partial charge < -0.3 is 4.84 Å². The molecule has 1 rings (SSSR count).